The Morgan fingerprint density at radius 3 is 2.61 bits per heavy atom. The molecule has 5 unspecified atom stereocenters. The minimum Gasteiger partial charge on any atom is -0.340 e. The minimum atomic E-state index is -4.67. The van der Waals surface area contributed by atoms with Crippen molar-refractivity contribution in [2.24, 2.45) is 5.92 Å². The van der Waals surface area contributed by atoms with Crippen molar-refractivity contribution >= 4 is 39.3 Å². The van der Waals surface area contributed by atoms with Crippen molar-refractivity contribution in [2.75, 3.05) is 26.2 Å². The van der Waals surface area contributed by atoms with Gasteiger partial charge in [0, 0.05) is 25.6 Å². The highest BCUT2D eigenvalue weighted by Gasteiger charge is 2.43. The third kappa shape index (κ3) is 5.29. The second-order valence-corrected chi connectivity index (χ2v) is 8.84. The number of alkyl halides is 5. The molecule has 3 fully saturated rings. The number of carbonyl (C=O) groups is 2. The maximum Gasteiger partial charge on any atom is 0.522 e. The van der Waals surface area contributed by atoms with Crippen LogP contribution in [0.25, 0.3) is 0 Å². The summed E-state index contributed by atoms with van der Waals surface area (Å²) in [6, 6.07) is -0.419. The lowest BCUT2D eigenvalue weighted by molar-refractivity contribution is -0.351. The van der Waals surface area contributed by atoms with E-state index in [1.54, 1.807) is 4.90 Å². The third-order valence-electron chi connectivity index (χ3n) is 5.53. The molecule has 2 amide bonds. The van der Waals surface area contributed by atoms with Crippen molar-refractivity contribution in [1.82, 2.24) is 20.7 Å². The van der Waals surface area contributed by atoms with E-state index in [1.807, 2.05) is 4.90 Å². The highest BCUT2D eigenvalue weighted by Crippen LogP contribution is 2.33. The quantitative estimate of drug-likeness (QED) is 0.461. The normalized spacial score (nSPS) is 35.8. The van der Waals surface area contributed by atoms with Crippen molar-refractivity contribution in [3.05, 3.63) is 0 Å². The molecule has 3 rings (SSSR count). The lowest BCUT2D eigenvalue weighted by Crippen LogP contribution is -2.68. The fourth-order valence-electron chi connectivity index (χ4n) is 4.13. The van der Waals surface area contributed by atoms with Crippen molar-refractivity contribution in [3.8, 4) is 0 Å². The summed E-state index contributed by atoms with van der Waals surface area (Å²) in [5, 5.41) is -0.826. The Bertz CT molecular complexity index is 600. The van der Waals surface area contributed by atoms with E-state index in [0.717, 1.165) is 6.42 Å². The first kappa shape index (κ1) is 22.1. The van der Waals surface area contributed by atoms with Gasteiger partial charge in [-0.15, -0.1) is 24.8 Å². The molecular formula is C16H23BrClF3N4O3. The van der Waals surface area contributed by atoms with Gasteiger partial charge in [-0.2, -0.15) is 0 Å². The summed E-state index contributed by atoms with van der Waals surface area (Å²) in [7, 11) is 0. The molecule has 0 aromatic heterocycles. The minimum absolute atomic E-state index is 0.0580. The fraction of sp³-hybridized carbons (Fsp3) is 0.875. The molecule has 7 nitrogen and oxygen atoms in total. The summed E-state index contributed by atoms with van der Waals surface area (Å²) >= 11 is 9.62. The number of nitrogens with zero attached hydrogens (tertiary/aromatic N) is 2. The molecule has 0 bridgehead atoms. The molecule has 3 aliphatic rings. The SMILES string of the molecule is O=C1NNC(Br)C(N2CCN(CC3CCCCC3OC(F)(F)F)C(=O)C2)C1Cl. The molecule has 1 aliphatic carbocycles. The molecule has 2 saturated heterocycles. The zero-order chi connectivity index (χ0) is 20.5. The summed E-state index contributed by atoms with van der Waals surface area (Å²) in [5.41, 5.74) is 5.22. The van der Waals surface area contributed by atoms with Gasteiger partial charge in [-0.3, -0.25) is 24.7 Å². The zero-order valence-electron chi connectivity index (χ0n) is 15.1. The van der Waals surface area contributed by atoms with Gasteiger partial charge < -0.3 is 4.90 Å². The Balaban J connectivity index is 1.59. The van der Waals surface area contributed by atoms with E-state index in [1.165, 1.54) is 0 Å². The molecule has 0 aromatic rings. The van der Waals surface area contributed by atoms with Gasteiger partial charge in [0.15, 0.2) is 0 Å². The Morgan fingerprint density at radius 2 is 1.93 bits per heavy atom. The van der Waals surface area contributed by atoms with Crippen LogP contribution in [0.4, 0.5) is 13.2 Å². The maximum atomic E-state index is 12.7. The van der Waals surface area contributed by atoms with Crippen LogP contribution < -0.4 is 10.9 Å². The number of ether oxygens (including phenoxy) is 1. The Morgan fingerprint density at radius 1 is 1.21 bits per heavy atom. The monoisotopic (exact) mass is 490 g/mol. The lowest BCUT2D eigenvalue weighted by Gasteiger charge is -2.45. The topological polar surface area (TPSA) is 73.9 Å². The smallest absolute Gasteiger partial charge is 0.340 e. The molecule has 0 radical (unpaired) electrons. The predicted octanol–water partition coefficient (Wildman–Crippen LogP) is 1.56. The molecule has 160 valence electrons. The predicted molar refractivity (Wildman–Crippen MR) is 98.5 cm³/mol. The van der Waals surface area contributed by atoms with Crippen LogP contribution in [-0.2, 0) is 14.3 Å². The molecule has 12 heteroatoms. The number of nitrogens with one attached hydrogen (secondary N) is 2. The lowest BCUT2D eigenvalue weighted by atomic mass is 9.86. The van der Waals surface area contributed by atoms with Crippen LogP contribution in [0.15, 0.2) is 0 Å². The Labute approximate surface area is 174 Å². The van der Waals surface area contributed by atoms with Crippen LogP contribution in [-0.4, -0.2) is 76.6 Å². The fourth-order valence-corrected chi connectivity index (χ4v) is 5.42. The number of halogens is 5. The first-order valence-corrected chi connectivity index (χ1v) is 10.6. The zero-order valence-corrected chi connectivity index (χ0v) is 17.4. The van der Waals surface area contributed by atoms with E-state index < -0.39 is 23.9 Å². The first-order chi connectivity index (χ1) is 13.2. The number of hydrazine groups is 1. The van der Waals surface area contributed by atoms with Gasteiger partial charge in [0.2, 0.25) is 5.91 Å². The number of carbonyl (C=O) groups excluding carboxylic acids is 2. The summed E-state index contributed by atoms with van der Waals surface area (Å²) in [5.74, 6) is -0.888. The van der Waals surface area contributed by atoms with E-state index >= 15 is 0 Å². The molecule has 28 heavy (non-hydrogen) atoms. The van der Waals surface area contributed by atoms with Crippen molar-refractivity contribution in [3.63, 3.8) is 0 Å². The second kappa shape index (κ2) is 9.03. The van der Waals surface area contributed by atoms with E-state index in [-0.39, 0.29) is 35.8 Å². The number of hydrogen-bond donors (Lipinski definition) is 2. The average molecular weight is 492 g/mol. The van der Waals surface area contributed by atoms with Gasteiger partial charge in [-0.25, -0.2) is 5.43 Å². The number of amides is 2. The number of hydrogen-bond acceptors (Lipinski definition) is 5. The van der Waals surface area contributed by atoms with Gasteiger partial charge in [-0.1, -0.05) is 28.8 Å². The molecule has 0 aromatic carbocycles. The Kier molecular flexibility index (Phi) is 7.12. The van der Waals surface area contributed by atoms with Crippen LogP contribution in [0.5, 0.6) is 0 Å². The van der Waals surface area contributed by atoms with Gasteiger partial charge in [0.25, 0.3) is 5.91 Å². The summed E-state index contributed by atoms with van der Waals surface area (Å²) in [4.78, 5) is 27.5. The molecule has 2 N–H and O–H groups in total. The van der Waals surface area contributed by atoms with Crippen molar-refractivity contribution in [1.29, 1.82) is 0 Å². The number of piperazine rings is 1. The highest BCUT2D eigenvalue weighted by molar-refractivity contribution is 9.09. The molecule has 5 atom stereocenters. The van der Waals surface area contributed by atoms with Gasteiger partial charge in [0.1, 0.15) is 5.38 Å². The van der Waals surface area contributed by atoms with Crippen LogP contribution in [0, 0.1) is 5.92 Å². The van der Waals surface area contributed by atoms with Crippen molar-refractivity contribution < 1.29 is 27.5 Å². The third-order valence-corrected chi connectivity index (χ3v) is 6.76. The van der Waals surface area contributed by atoms with Crippen LogP contribution >= 0.6 is 27.5 Å². The van der Waals surface area contributed by atoms with E-state index in [2.05, 4.69) is 31.5 Å². The number of rotatable bonds is 4. The van der Waals surface area contributed by atoms with E-state index in [0.29, 0.717) is 32.4 Å². The second-order valence-electron chi connectivity index (χ2n) is 7.38. The largest absolute Gasteiger partial charge is 0.522 e. The summed E-state index contributed by atoms with van der Waals surface area (Å²) in [6.07, 6.45) is -3.10. The maximum absolute atomic E-state index is 12.7. The molecule has 0 spiro atoms. The first-order valence-electron chi connectivity index (χ1n) is 9.25. The van der Waals surface area contributed by atoms with E-state index in [9.17, 15) is 22.8 Å². The molecule has 2 aliphatic heterocycles. The summed E-state index contributed by atoms with van der Waals surface area (Å²) in [6.45, 7) is 1.16. The van der Waals surface area contributed by atoms with Gasteiger partial charge in [0.05, 0.1) is 23.6 Å². The molecular weight excluding hydrogens is 469 g/mol. The van der Waals surface area contributed by atoms with Crippen LogP contribution in [0.3, 0.4) is 0 Å². The van der Waals surface area contributed by atoms with Gasteiger partial charge in [-0.05, 0) is 12.8 Å². The summed E-state index contributed by atoms with van der Waals surface area (Å²) < 4.78 is 42.3. The van der Waals surface area contributed by atoms with Crippen LogP contribution in [0.2, 0.25) is 0 Å². The van der Waals surface area contributed by atoms with Crippen molar-refractivity contribution in [2.45, 2.75) is 54.5 Å². The average Bonchev–Trinajstić information content (AvgIpc) is 2.61. The van der Waals surface area contributed by atoms with E-state index in [4.69, 9.17) is 11.6 Å². The molecule has 2 heterocycles. The highest BCUT2D eigenvalue weighted by atomic mass is 79.9. The standard InChI is InChI=1S/C16H23BrClF3N4O3/c17-14-13(12(18)15(27)23-22-14)25-6-5-24(11(26)8-25)7-9-3-1-2-4-10(9)28-16(19,20)21/h9-10,12-14,22H,1-8H2,(H,23,27). The Hall–Kier alpha value is -0.620. The molecule has 1 saturated carbocycles. The van der Waals surface area contributed by atoms with Crippen LogP contribution in [0.1, 0.15) is 25.7 Å². The van der Waals surface area contributed by atoms with Gasteiger partial charge >= 0.3 is 6.36 Å².